The van der Waals surface area contributed by atoms with E-state index in [2.05, 4.69) is 5.32 Å². The van der Waals surface area contributed by atoms with Crippen molar-refractivity contribution in [1.82, 2.24) is 10.2 Å². The largest absolute Gasteiger partial charge is 0.460 e. The van der Waals surface area contributed by atoms with E-state index >= 15 is 0 Å². The number of allylic oxidation sites excluding steroid dienone is 1. The maximum atomic E-state index is 14.8. The van der Waals surface area contributed by atoms with E-state index in [0.29, 0.717) is 12.8 Å². The zero-order valence-corrected chi connectivity index (χ0v) is 25.6. The molecule has 0 aliphatic carbocycles. The Hall–Kier alpha value is -3.50. The number of hydrogen-bond donors (Lipinski definition) is 2. The molecule has 2 N–H and O–H groups in total. The number of anilines is 1. The van der Waals surface area contributed by atoms with Crippen molar-refractivity contribution in [2.45, 2.75) is 83.8 Å². The first-order valence-electron chi connectivity index (χ1n) is 15.3. The van der Waals surface area contributed by atoms with E-state index in [4.69, 9.17) is 9.47 Å². The maximum Gasteiger partial charge on any atom is 0.313 e. The van der Waals surface area contributed by atoms with E-state index in [1.165, 1.54) is 4.90 Å². The predicted molar refractivity (Wildman–Crippen MR) is 160 cm³/mol. The molecule has 4 aliphatic rings. The lowest BCUT2D eigenvalue weighted by atomic mass is 9.78. The average Bonchev–Trinajstić information content (AvgIpc) is 3.36. The molecule has 10 nitrogen and oxygen atoms in total. The van der Waals surface area contributed by atoms with Crippen LogP contribution in [0.25, 0.3) is 0 Å². The number of carbonyl (C=O) groups excluding carboxylic acids is 4. The number of hydrogen-bond acceptors (Lipinski definition) is 7. The molecule has 1 spiro atoms. The number of nitrogens with zero attached hydrogens (tertiary/aromatic N) is 2. The van der Waals surface area contributed by atoms with Crippen LogP contribution in [-0.2, 0) is 28.7 Å². The second-order valence-corrected chi connectivity index (χ2v) is 12.4. The van der Waals surface area contributed by atoms with Gasteiger partial charge in [0.15, 0.2) is 0 Å². The van der Waals surface area contributed by atoms with Crippen LogP contribution < -0.4 is 10.2 Å². The lowest BCUT2D eigenvalue weighted by Crippen LogP contribution is -2.59. The first-order chi connectivity index (χ1) is 20.5. The Labute approximate surface area is 253 Å². The van der Waals surface area contributed by atoms with Gasteiger partial charge in [0.25, 0.3) is 5.91 Å². The van der Waals surface area contributed by atoms with E-state index in [0.717, 1.165) is 16.8 Å². The van der Waals surface area contributed by atoms with Crippen molar-refractivity contribution in [3.05, 3.63) is 53.6 Å². The first-order valence-corrected chi connectivity index (χ1v) is 15.3. The third-order valence-corrected chi connectivity index (χ3v) is 9.47. The number of aliphatic hydroxyl groups excluding tert-OH is 1. The Morgan fingerprint density at radius 3 is 2.63 bits per heavy atom. The van der Waals surface area contributed by atoms with Gasteiger partial charge in [0.05, 0.1) is 31.2 Å². The van der Waals surface area contributed by atoms with Gasteiger partial charge in [-0.2, -0.15) is 0 Å². The summed E-state index contributed by atoms with van der Waals surface area (Å²) in [5.74, 6) is -3.68. The summed E-state index contributed by atoms with van der Waals surface area (Å²) < 4.78 is 12.5. The first kappa shape index (κ1) is 30.9. The average molecular weight is 594 g/mol. The lowest BCUT2D eigenvalue weighted by Gasteiger charge is -2.40. The summed E-state index contributed by atoms with van der Waals surface area (Å²) in [6.07, 6.45) is 7.02. The number of cyclic esters (lactones) is 1. The second kappa shape index (κ2) is 12.2. The van der Waals surface area contributed by atoms with E-state index in [1.807, 2.05) is 52.0 Å². The molecule has 4 aliphatic heterocycles. The Kier molecular flexibility index (Phi) is 8.81. The van der Waals surface area contributed by atoms with Gasteiger partial charge >= 0.3 is 5.97 Å². The Morgan fingerprint density at radius 1 is 1.14 bits per heavy atom. The van der Waals surface area contributed by atoms with Crippen LogP contribution in [0.1, 0.15) is 51.2 Å². The van der Waals surface area contributed by atoms with Crippen LogP contribution in [0.15, 0.2) is 42.5 Å². The molecule has 0 bridgehead atoms. The number of rotatable bonds is 5. The lowest BCUT2D eigenvalue weighted by molar-refractivity contribution is -0.159. The number of fused-ring (bicyclic) bond motifs is 2. The number of esters is 1. The molecule has 232 valence electrons. The number of aryl methyl sites for hydroxylation is 2. The highest BCUT2D eigenvalue weighted by molar-refractivity contribution is 6.06. The molecule has 0 saturated carbocycles. The summed E-state index contributed by atoms with van der Waals surface area (Å²) in [4.78, 5) is 58.6. The normalized spacial score (nSPS) is 33.3. The van der Waals surface area contributed by atoms with Crippen molar-refractivity contribution in [2.24, 2.45) is 17.8 Å². The standard InChI is InChI=1S/C33H43N3O7/c1-6-20(3)24(18-37)36-29-31(40)35(23-16-19(2)12-13-21(23)4)15-9-14-33(29)28(30(36)39)27-25(43-33)10-7-8-11-26(38)34-17-22(5)42-32(27)41/h7,9-10,12-14,16,20,22,24-25,27-29,37H,6,8,11,15,17-18H2,1-5H3,(H,34,38)/b10-7-/t20-,22-,24-,25-,27+,28+,29-,33+/m0/s1. The molecule has 1 aromatic rings. The Bertz CT molecular complexity index is 1340. The maximum absolute atomic E-state index is 14.8. The number of nitrogens with one attached hydrogen (secondary N) is 1. The van der Waals surface area contributed by atoms with E-state index in [9.17, 15) is 24.3 Å². The molecule has 0 radical (unpaired) electrons. The number of aliphatic hydroxyl groups is 1. The molecular formula is C33H43N3O7. The Morgan fingerprint density at radius 2 is 1.91 bits per heavy atom. The third-order valence-electron chi connectivity index (χ3n) is 9.47. The fourth-order valence-corrected chi connectivity index (χ4v) is 7.00. The molecule has 8 atom stereocenters. The summed E-state index contributed by atoms with van der Waals surface area (Å²) in [6.45, 7) is 9.58. The van der Waals surface area contributed by atoms with E-state index in [-0.39, 0.29) is 43.8 Å². The molecule has 0 aromatic heterocycles. The van der Waals surface area contributed by atoms with Crippen molar-refractivity contribution in [1.29, 1.82) is 0 Å². The van der Waals surface area contributed by atoms with Gasteiger partial charge in [-0.3, -0.25) is 19.2 Å². The fraction of sp³-hybridized carbons (Fsp3) is 0.576. The highest BCUT2D eigenvalue weighted by atomic mass is 16.6. The summed E-state index contributed by atoms with van der Waals surface area (Å²) >= 11 is 0. The zero-order chi connectivity index (χ0) is 31.1. The van der Waals surface area contributed by atoms with Crippen molar-refractivity contribution in [3.8, 4) is 0 Å². The molecule has 4 heterocycles. The van der Waals surface area contributed by atoms with Crippen LogP contribution in [0.3, 0.4) is 0 Å². The van der Waals surface area contributed by atoms with Gasteiger partial charge in [-0.15, -0.1) is 0 Å². The van der Waals surface area contributed by atoms with Gasteiger partial charge in [-0.25, -0.2) is 0 Å². The zero-order valence-electron chi connectivity index (χ0n) is 25.6. The van der Waals surface area contributed by atoms with Crippen LogP contribution >= 0.6 is 0 Å². The molecule has 10 heteroatoms. The van der Waals surface area contributed by atoms with Gasteiger partial charge in [0.2, 0.25) is 11.8 Å². The van der Waals surface area contributed by atoms with Gasteiger partial charge in [-0.05, 0) is 50.3 Å². The van der Waals surface area contributed by atoms with Gasteiger partial charge in [-0.1, -0.05) is 56.7 Å². The fourth-order valence-electron chi connectivity index (χ4n) is 7.00. The molecule has 5 rings (SSSR count). The monoisotopic (exact) mass is 593 g/mol. The van der Waals surface area contributed by atoms with Crippen LogP contribution in [0.4, 0.5) is 5.69 Å². The summed E-state index contributed by atoms with van der Waals surface area (Å²) in [6, 6.07) is 4.13. The minimum Gasteiger partial charge on any atom is -0.460 e. The topological polar surface area (TPSA) is 125 Å². The van der Waals surface area contributed by atoms with Crippen molar-refractivity contribution in [2.75, 3.05) is 24.6 Å². The summed E-state index contributed by atoms with van der Waals surface area (Å²) in [5.41, 5.74) is 1.18. The van der Waals surface area contributed by atoms with Crippen molar-refractivity contribution in [3.63, 3.8) is 0 Å². The molecule has 43 heavy (non-hydrogen) atoms. The predicted octanol–water partition coefficient (Wildman–Crippen LogP) is 2.59. The minimum atomic E-state index is -1.46. The van der Waals surface area contributed by atoms with Crippen molar-refractivity contribution >= 4 is 29.4 Å². The molecule has 0 unspecified atom stereocenters. The molecule has 1 aromatic carbocycles. The third kappa shape index (κ3) is 5.40. The van der Waals surface area contributed by atoms with E-state index < -0.39 is 53.6 Å². The highest BCUT2D eigenvalue weighted by Crippen LogP contribution is 2.54. The SMILES string of the molecule is CC[C@H](C)[C@H](CO)N1C(=O)[C@H]2[C@@H]3C(=O)O[C@@H](C)CNC(=O)CC/C=C\[C@@H]3O[C@]23C=CCN(c2cc(C)ccc2C)C(=O)[C@H]13. The van der Waals surface area contributed by atoms with Crippen molar-refractivity contribution < 1.29 is 33.8 Å². The molecule has 2 saturated heterocycles. The van der Waals surface area contributed by atoms with Crippen LogP contribution in [0.2, 0.25) is 0 Å². The number of amides is 3. The smallest absolute Gasteiger partial charge is 0.313 e. The van der Waals surface area contributed by atoms with Gasteiger partial charge in [0.1, 0.15) is 23.7 Å². The van der Waals surface area contributed by atoms with E-state index in [1.54, 1.807) is 30.1 Å². The number of likely N-dealkylation sites (tertiary alicyclic amines) is 1. The van der Waals surface area contributed by atoms with Crippen LogP contribution in [-0.4, -0.2) is 83.3 Å². The summed E-state index contributed by atoms with van der Waals surface area (Å²) in [7, 11) is 0. The second-order valence-electron chi connectivity index (χ2n) is 12.4. The number of carbonyl (C=O) groups is 4. The number of ether oxygens (including phenoxy) is 2. The minimum absolute atomic E-state index is 0.124. The van der Waals surface area contributed by atoms with Gasteiger partial charge in [0, 0.05) is 18.7 Å². The molecule has 2 fully saturated rings. The van der Waals surface area contributed by atoms with Crippen LogP contribution in [0.5, 0.6) is 0 Å². The van der Waals surface area contributed by atoms with Crippen LogP contribution in [0, 0.1) is 31.6 Å². The highest BCUT2D eigenvalue weighted by Gasteiger charge is 2.72. The Balaban J connectivity index is 1.65. The molecule has 3 amide bonds. The van der Waals surface area contributed by atoms with Gasteiger partial charge < -0.3 is 29.7 Å². The number of benzene rings is 1. The quantitative estimate of drug-likeness (QED) is 0.397. The summed E-state index contributed by atoms with van der Waals surface area (Å²) in [5, 5.41) is 13.4. The molecular weight excluding hydrogens is 550 g/mol.